The molecule has 0 heterocycles. The maximum Gasteiger partial charge on any atom is 0.163 e. The first kappa shape index (κ1) is 30.0. The molecule has 0 bridgehead atoms. The van der Waals surface area contributed by atoms with Gasteiger partial charge in [0.05, 0.1) is 0 Å². The lowest BCUT2D eigenvalue weighted by Gasteiger charge is -2.15. The van der Waals surface area contributed by atoms with Gasteiger partial charge >= 0.3 is 0 Å². The predicted molar refractivity (Wildman–Crippen MR) is 168 cm³/mol. The van der Waals surface area contributed by atoms with E-state index in [2.05, 4.69) is 38.1 Å². The van der Waals surface area contributed by atoms with E-state index in [0.717, 1.165) is 60.8 Å². The van der Waals surface area contributed by atoms with Gasteiger partial charge in [-0.15, -0.1) is 0 Å². The normalized spacial score (nSPS) is 10.9. The Morgan fingerprint density at radius 3 is 1.34 bits per heavy atom. The van der Waals surface area contributed by atoms with E-state index in [4.69, 9.17) is 4.74 Å². The third-order valence-electron chi connectivity index (χ3n) is 7.49. The lowest BCUT2D eigenvalue weighted by Crippen LogP contribution is -2.06. The van der Waals surface area contributed by atoms with Crippen molar-refractivity contribution in [3.05, 3.63) is 130 Å². The molecule has 41 heavy (non-hydrogen) atoms. The topological polar surface area (TPSA) is 43.4 Å². The van der Waals surface area contributed by atoms with Crippen LogP contribution in [0.25, 0.3) is 0 Å². The van der Waals surface area contributed by atoms with Crippen LogP contribution >= 0.6 is 0 Å². The molecule has 0 aliphatic rings. The minimum atomic E-state index is 0.153. The zero-order chi connectivity index (χ0) is 28.9. The zero-order valence-corrected chi connectivity index (χ0v) is 24.5. The van der Waals surface area contributed by atoms with Gasteiger partial charge in [0, 0.05) is 24.0 Å². The summed E-state index contributed by atoms with van der Waals surface area (Å²) in [4.78, 5) is 26.6. The van der Waals surface area contributed by atoms with Crippen molar-refractivity contribution in [1.82, 2.24) is 0 Å². The van der Waals surface area contributed by atoms with E-state index in [1.807, 2.05) is 72.8 Å². The number of hydrogen-bond donors (Lipinski definition) is 0. The molecular weight excluding hydrogens is 504 g/mol. The number of ketones is 2. The van der Waals surface area contributed by atoms with Crippen molar-refractivity contribution >= 4 is 11.6 Å². The highest BCUT2D eigenvalue weighted by atomic mass is 16.5. The average Bonchev–Trinajstić information content (AvgIpc) is 3.00. The number of ether oxygens (including phenoxy) is 1. The van der Waals surface area contributed by atoms with Crippen LogP contribution in [0.2, 0.25) is 0 Å². The summed E-state index contributed by atoms with van der Waals surface area (Å²) in [5.41, 5.74) is 5.80. The summed E-state index contributed by atoms with van der Waals surface area (Å²) in [5.74, 6) is 1.53. The van der Waals surface area contributed by atoms with E-state index >= 15 is 0 Å². The molecule has 0 aliphatic heterocycles. The summed E-state index contributed by atoms with van der Waals surface area (Å²) < 4.78 is 6.32. The van der Waals surface area contributed by atoms with Gasteiger partial charge in [0.25, 0.3) is 0 Å². The SMILES string of the molecule is CCCCCC(=O)c1cc(Oc2ccc(Cc3ccccc3)c(C(=O)CCCCC)c2)ccc1Cc1ccccc1. The zero-order valence-electron chi connectivity index (χ0n) is 24.5. The van der Waals surface area contributed by atoms with Crippen LogP contribution < -0.4 is 4.74 Å². The molecule has 0 aromatic heterocycles. The fourth-order valence-corrected chi connectivity index (χ4v) is 5.17. The molecule has 4 aromatic rings. The van der Waals surface area contributed by atoms with Crippen molar-refractivity contribution in [3.8, 4) is 11.5 Å². The number of carbonyl (C=O) groups is 2. The highest BCUT2D eigenvalue weighted by Gasteiger charge is 2.16. The molecular formula is C38H42O3. The first-order valence-electron chi connectivity index (χ1n) is 15.1. The fraction of sp³-hybridized carbons (Fsp3) is 0.316. The van der Waals surface area contributed by atoms with Gasteiger partial charge in [-0.25, -0.2) is 0 Å². The van der Waals surface area contributed by atoms with Gasteiger partial charge in [-0.1, -0.05) is 112 Å². The van der Waals surface area contributed by atoms with Gasteiger partial charge in [0.15, 0.2) is 11.6 Å². The molecule has 0 amide bonds. The number of carbonyl (C=O) groups excluding carboxylic acids is 2. The van der Waals surface area contributed by atoms with E-state index in [9.17, 15) is 9.59 Å². The van der Waals surface area contributed by atoms with Crippen LogP contribution in [-0.4, -0.2) is 11.6 Å². The molecule has 0 aliphatic carbocycles. The Balaban J connectivity index is 1.61. The van der Waals surface area contributed by atoms with Crippen molar-refractivity contribution in [3.63, 3.8) is 0 Å². The van der Waals surface area contributed by atoms with Gasteiger partial charge in [0.1, 0.15) is 11.5 Å². The molecule has 0 fully saturated rings. The third kappa shape index (κ3) is 9.01. The van der Waals surface area contributed by atoms with E-state index in [-0.39, 0.29) is 11.6 Å². The monoisotopic (exact) mass is 546 g/mol. The van der Waals surface area contributed by atoms with Gasteiger partial charge in [-0.05, 0) is 72.2 Å². The summed E-state index contributed by atoms with van der Waals surface area (Å²) in [6.45, 7) is 4.29. The fourth-order valence-electron chi connectivity index (χ4n) is 5.17. The average molecular weight is 547 g/mol. The van der Waals surface area contributed by atoms with Crippen LogP contribution in [0.15, 0.2) is 97.1 Å². The Morgan fingerprint density at radius 1 is 0.537 bits per heavy atom. The first-order chi connectivity index (χ1) is 20.1. The maximum absolute atomic E-state index is 13.3. The van der Waals surface area contributed by atoms with Crippen molar-refractivity contribution in [2.75, 3.05) is 0 Å². The Labute approximate surface area is 245 Å². The van der Waals surface area contributed by atoms with Crippen molar-refractivity contribution in [2.24, 2.45) is 0 Å². The lowest BCUT2D eigenvalue weighted by atomic mass is 9.94. The summed E-state index contributed by atoms with van der Waals surface area (Å²) >= 11 is 0. The third-order valence-corrected chi connectivity index (χ3v) is 7.49. The summed E-state index contributed by atoms with van der Waals surface area (Å²) in [6, 6.07) is 32.1. The molecule has 0 spiro atoms. The molecule has 212 valence electrons. The van der Waals surface area contributed by atoms with Crippen molar-refractivity contribution < 1.29 is 14.3 Å². The van der Waals surface area contributed by atoms with E-state index in [1.54, 1.807) is 0 Å². The number of hydrogen-bond acceptors (Lipinski definition) is 3. The molecule has 0 saturated carbocycles. The van der Waals surface area contributed by atoms with Crippen LogP contribution in [0.4, 0.5) is 0 Å². The Hall–Kier alpha value is -3.98. The van der Waals surface area contributed by atoms with Gasteiger partial charge in [-0.2, -0.15) is 0 Å². The van der Waals surface area contributed by atoms with Crippen LogP contribution in [-0.2, 0) is 12.8 Å². The highest BCUT2D eigenvalue weighted by molar-refractivity contribution is 5.98. The molecule has 0 saturated heterocycles. The maximum atomic E-state index is 13.3. The number of rotatable bonds is 16. The molecule has 0 atom stereocenters. The molecule has 4 aromatic carbocycles. The smallest absolute Gasteiger partial charge is 0.163 e. The van der Waals surface area contributed by atoms with E-state index in [1.165, 1.54) is 11.1 Å². The van der Waals surface area contributed by atoms with Crippen molar-refractivity contribution in [2.45, 2.75) is 78.1 Å². The Morgan fingerprint density at radius 2 is 0.951 bits per heavy atom. The van der Waals surface area contributed by atoms with Crippen LogP contribution in [0.1, 0.15) is 108 Å². The molecule has 0 unspecified atom stereocenters. The summed E-state index contributed by atoms with van der Waals surface area (Å²) in [6.07, 6.45) is 8.46. The Kier molecular flexibility index (Phi) is 11.5. The van der Waals surface area contributed by atoms with Gasteiger partial charge in [0.2, 0.25) is 0 Å². The molecule has 4 rings (SSSR count). The Bertz CT molecular complexity index is 1300. The number of unbranched alkanes of at least 4 members (excludes halogenated alkanes) is 4. The number of Topliss-reactive ketones (excluding diaryl/α,β-unsaturated/α-hetero) is 2. The molecule has 0 radical (unpaired) electrons. The van der Waals surface area contributed by atoms with E-state index < -0.39 is 0 Å². The second-order valence-electron chi connectivity index (χ2n) is 10.8. The number of benzene rings is 4. The standard InChI is InChI=1S/C38H42O3/c1-3-5-9-19-37(39)35-27-33(23-21-31(35)25-29-15-11-7-12-16-29)41-34-24-22-32(26-30-17-13-8-14-18-30)36(28-34)38(40)20-10-6-4-2/h7-8,11-18,21-24,27-28H,3-6,9-10,19-20,25-26H2,1-2H3. The lowest BCUT2D eigenvalue weighted by molar-refractivity contribution is 0.0970. The molecule has 3 heteroatoms. The summed E-state index contributed by atoms with van der Waals surface area (Å²) in [5, 5.41) is 0. The second kappa shape index (κ2) is 15.7. The largest absolute Gasteiger partial charge is 0.457 e. The molecule has 0 N–H and O–H groups in total. The minimum absolute atomic E-state index is 0.153. The van der Waals surface area contributed by atoms with E-state index in [0.29, 0.717) is 37.2 Å². The van der Waals surface area contributed by atoms with Gasteiger partial charge in [-0.3, -0.25) is 9.59 Å². The quantitative estimate of drug-likeness (QED) is 0.104. The van der Waals surface area contributed by atoms with Crippen LogP contribution in [0.3, 0.4) is 0 Å². The van der Waals surface area contributed by atoms with Crippen LogP contribution in [0, 0.1) is 0 Å². The van der Waals surface area contributed by atoms with Crippen molar-refractivity contribution in [1.29, 1.82) is 0 Å². The predicted octanol–water partition coefficient (Wildman–Crippen LogP) is 10.2. The van der Waals surface area contributed by atoms with Gasteiger partial charge < -0.3 is 4.74 Å². The first-order valence-corrected chi connectivity index (χ1v) is 15.1. The highest BCUT2D eigenvalue weighted by Crippen LogP contribution is 2.30. The summed E-state index contributed by atoms with van der Waals surface area (Å²) in [7, 11) is 0. The second-order valence-corrected chi connectivity index (χ2v) is 10.8. The minimum Gasteiger partial charge on any atom is -0.457 e. The van der Waals surface area contributed by atoms with Crippen LogP contribution in [0.5, 0.6) is 11.5 Å². The molecule has 3 nitrogen and oxygen atoms in total.